The fourth-order valence-corrected chi connectivity index (χ4v) is 2.31. The molecule has 0 aliphatic rings. The maximum Gasteiger partial charge on any atom is 0.0681 e. The number of aliphatic hydroxyl groups is 1. The van der Waals surface area contributed by atoms with Crippen LogP contribution in [-0.2, 0) is 19.7 Å². The normalized spacial score (nSPS) is 12.6. The summed E-state index contributed by atoms with van der Waals surface area (Å²) in [5.41, 5.74) is 4.40. The molecule has 20 heavy (non-hydrogen) atoms. The lowest BCUT2D eigenvalue weighted by Crippen LogP contribution is -2.30. The van der Waals surface area contributed by atoms with Gasteiger partial charge in [0.25, 0.3) is 0 Å². The maximum absolute atomic E-state index is 9.14. The van der Waals surface area contributed by atoms with Gasteiger partial charge in [-0.1, -0.05) is 24.3 Å². The van der Waals surface area contributed by atoms with Gasteiger partial charge in [-0.3, -0.25) is 4.68 Å². The van der Waals surface area contributed by atoms with Crippen molar-refractivity contribution in [2.45, 2.75) is 46.5 Å². The molecule has 0 spiro atoms. The van der Waals surface area contributed by atoms with Crippen LogP contribution >= 0.6 is 0 Å². The molecule has 0 fully saturated rings. The van der Waals surface area contributed by atoms with Crippen molar-refractivity contribution in [3.05, 3.63) is 52.8 Å². The molecule has 0 saturated carbocycles. The van der Waals surface area contributed by atoms with Crippen LogP contribution < -0.4 is 5.32 Å². The van der Waals surface area contributed by atoms with Crippen molar-refractivity contribution >= 4 is 0 Å². The zero-order chi connectivity index (χ0) is 14.5. The molecular weight excluding hydrogens is 250 g/mol. The molecule has 2 rings (SSSR count). The van der Waals surface area contributed by atoms with Gasteiger partial charge in [-0.05, 0) is 38.0 Å². The highest BCUT2D eigenvalue weighted by atomic mass is 16.3. The van der Waals surface area contributed by atoms with E-state index >= 15 is 0 Å². The first-order valence-electron chi connectivity index (χ1n) is 7.01. The molecule has 0 saturated heterocycles. The highest BCUT2D eigenvalue weighted by Crippen LogP contribution is 2.06. The van der Waals surface area contributed by atoms with E-state index in [1.165, 1.54) is 11.3 Å². The standard InChI is InChI=1S/C16H23N3O/c1-12-7-14(3)19(18-12)10-13(2)17-9-15-5-4-6-16(8-15)11-20/h4-8,13,17,20H,9-11H2,1-3H3. The quantitative estimate of drug-likeness (QED) is 0.848. The van der Waals surface area contributed by atoms with Crippen molar-refractivity contribution in [3.8, 4) is 0 Å². The van der Waals surface area contributed by atoms with Gasteiger partial charge in [0.2, 0.25) is 0 Å². The minimum Gasteiger partial charge on any atom is -0.392 e. The van der Waals surface area contributed by atoms with Crippen LogP contribution in [0.3, 0.4) is 0 Å². The van der Waals surface area contributed by atoms with E-state index in [0.29, 0.717) is 6.04 Å². The van der Waals surface area contributed by atoms with E-state index < -0.39 is 0 Å². The van der Waals surface area contributed by atoms with E-state index in [-0.39, 0.29) is 6.61 Å². The van der Waals surface area contributed by atoms with Crippen molar-refractivity contribution in [2.24, 2.45) is 0 Å². The minimum absolute atomic E-state index is 0.0924. The lowest BCUT2D eigenvalue weighted by Gasteiger charge is -2.15. The van der Waals surface area contributed by atoms with Crippen LogP contribution in [0.15, 0.2) is 30.3 Å². The summed E-state index contributed by atoms with van der Waals surface area (Å²) in [6.07, 6.45) is 0. The Bertz CT molecular complexity index is 563. The molecule has 1 atom stereocenters. The van der Waals surface area contributed by atoms with Crippen LogP contribution in [0.25, 0.3) is 0 Å². The minimum atomic E-state index is 0.0924. The average Bonchev–Trinajstić information content (AvgIpc) is 2.75. The summed E-state index contributed by atoms with van der Waals surface area (Å²) in [6.45, 7) is 8.01. The molecule has 108 valence electrons. The van der Waals surface area contributed by atoms with Gasteiger partial charge >= 0.3 is 0 Å². The maximum atomic E-state index is 9.14. The highest BCUT2D eigenvalue weighted by molar-refractivity contribution is 5.22. The Balaban J connectivity index is 1.88. The number of aryl methyl sites for hydroxylation is 2. The molecule has 0 radical (unpaired) electrons. The second-order valence-corrected chi connectivity index (χ2v) is 5.37. The van der Waals surface area contributed by atoms with Crippen molar-refractivity contribution in [1.29, 1.82) is 0 Å². The van der Waals surface area contributed by atoms with Gasteiger partial charge in [0.1, 0.15) is 0 Å². The lowest BCUT2D eigenvalue weighted by atomic mass is 10.1. The number of hydrogen-bond acceptors (Lipinski definition) is 3. The predicted octanol–water partition coefficient (Wildman–Crippen LogP) is 2.17. The second-order valence-electron chi connectivity index (χ2n) is 5.37. The molecule has 2 N–H and O–H groups in total. The Morgan fingerprint density at radius 2 is 2.00 bits per heavy atom. The third-order valence-corrected chi connectivity index (χ3v) is 3.38. The fraction of sp³-hybridized carbons (Fsp3) is 0.438. The Hall–Kier alpha value is -1.65. The van der Waals surface area contributed by atoms with Crippen LogP contribution in [0.1, 0.15) is 29.4 Å². The van der Waals surface area contributed by atoms with E-state index in [0.717, 1.165) is 24.3 Å². The van der Waals surface area contributed by atoms with Crippen molar-refractivity contribution in [1.82, 2.24) is 15.1 Å². The number of benzene rings is 1. The largest absolute Gasteiger partial charge is 0.392 e. The SMILES string of the molecule is Cc1cc(C)n(CC(C)NCc2cccc(CO)c2)n1. The number of aliphatic hydroxyl groups excluding tert-OH is 1. The Labute approximate surface area is 120 Å². The summed E-state index contributed by atoms with van der Waals surface area (Å²) in [7, 11) is 0. The first-order chi connectivity index (χ1) is 9.58. The molecule has 1 heterocycles. The summed E-state index contributed by atoms with van der Waals surface area (Å²) >= 11 is 0. The van der Waals surface area contributed by atoms with Crippen molar-refractivity contribution in [3.63, 3.8) is 0 Å². The average molecular weight is 273 g/mol. The zero-order valence-corrected chi connectivity index (χ0v) is 12.4. The number of hydrogen-bond donors (Lipinski definition) is 2. The third kappa shape index (κ3) is 3.92. The van der Waals surface area contributed by atoms with Gasteiger partial charge in [0.05, 0.1) is 18.8 Å². The van der Waals surface area contributed by atoms with E-state index in [2.05, 4.69) is 36.4 Å². The van der Waals surface area contributed by atoms with Crippen molar-refractivity contribution in [2.75, 3.05) is 0 Å². The first kappa shape index (κ1) is 14.8. The van der Waals surface area contributed by atoms with Crippen LogP contribution in [0.5, 0.6) is 0 Å². The molecule has 1 aromatic heterocycles. The van der Waals surface area contributed by atoms with E-state index in [1.807, 2.05) is 29.8 Å². The third-order valence-electron chi connectivity index (χ3n) is 3.38. The topological polar surface area (TPSA) is 50.1 Å². The van der Waals surface area contributed by atoms with Gasteiger partial charge < -0.3 is 10.4 Å². The number of nitrogens with zero attached hydrogens (tertiary/aromatic N) is 2. The molecule has 1 unspecified atom stereocenters. The van der Waals surface area contributed by atoms with Gasteiger partial charge in [0.15, 0.2) is 0 Å². The summed E-state index contributed by atoms with van der Waals surface area (Å²) < 4.78 is 2.04. The van der Waals surface area contributed by atoms with Crippen LogP contribution in [0, 0.1) is 13.8 Å². The van der Waals surface area contributed by atoms with Gasteiger partial charge in [-0.15, -0.1) is 0 Å². The fourth-order valence-electron chi connectivity index (χ4n) is 2.31. The summed E-state index contributed by atoms with van der Waals surface area (Å²) in [5.74, 6) is 0. The Kier molecular flexibility index (Phi) is 4.93. The summed E-state index contributed by atoms with van der Waals surface area (Å²) in [6, 6.07) is 10.4. The van der Waals surface area contributed by atoms with Crippen molar-refractivity contribution < 1.29 is 5.11 Å². The second kappa shape index (κ2) is 6.68. The molecule has 0 bridgehead atoms. The molecule has 2 aromatic rings. The number of aromatic nitrogens is 2. The van der Waals surface area contributed by atoms with Crippen LogP contribution in [0.4, 0.5) is 0 Å². The van der Waals surface area contributed by atoms with E-state index in [9.17, 15) is 0 Å². The molecule has 0 aliphatic carbocycles. The number of rotatable bonds is 6. The zero-order valence-electron chi connectivity index (χ0n) is 12.4. The van der Waals surface area contributed by atoms with Gasteiger partial charge in [-0.25, -0.2) is 0 Å². The molecular formula is C16H23N3O. The predicted molar refractivity (Wildman–Crippen MR) is 80.4 cm³/mol. The summed E-state index contributed by atoms with van der Waals surface area (Å²) in [5, 5.41) is 17.1. The van der Waals surface area contributed by atoms with Gasteiger partial charge in [0, 0.05) is 18.3 Å². The molecule has 1 aromatic carbocycles. The summed E-state index contributed by atoms with van der Waals surface area (Å²) in [4.78, 5) is 0. The first-order valence-corrected chi connectivity index (χ1v) is 7.01. The monoisotopic (exact) mass is 273 g/mol. The molecule has 0 aliphatic heterocycles. The lowest BCUT2D eigenvalue weighted by molar-refractivity contribution is 0.281. The van der Waals surface area contributed by atoms with E-state index in [1.54, 1.807) is 0 Å². The highest BCUT2D eigenvalue weighted by Gasteiger charge is 2.06. The van der Waals surface area contributed by atoms with E-state index in [4.69, 9.17) is 5.11 Å². The molecule has 0 amide bonds. The number of nitrogens with one attached hydrogen (secondary N) is 1. The Morgan fingerprint density at radius 1 is 1.25 bits per heavy atom. The Morgan fingerprint density at radius 3 is 2.65 bits per heavy atom. The van der Waals surface area contributed by atoms with Crippen LogP contribution in [-0.4, -0.2) is 20.9 Å². The molecule has 4 nitrogen and oxygen atoms in total. The smallest absolute Gasteiger partial charge is 0.0681 e. The van der Waals surface area contributed by atoms with Crippen LogP contribution in [0.2, 0.25) is 0 Å². The van der Waals surface area contributed by atoms with Gasteiger partial charge in [-0.2, -0.15) is 5.10 Å². The molecule has 4 heteroatoms.